The highest BCUT2D eigenvalue weighted by Gasteiger charge is 2.37. The van der Waals surface area contributed by atoms with Crippen molar-refractivity contribution in [1.29, 1.82) is 0 Å². The monoisotopic (exact) mass is 251 g/mol. The molecule has 1 saturated carbocycles. The minimum Gasteiger partial charge on any atom is -0.330 e. The Kier molecular flexibility index (Phi) is 4.08. The highest BCUT2D eigenvalue weighted by atomic mass is 35.5. The molecule has 4 heteroatoms. The highest BCUT2D eigenvalue weighted by Crippen LogP contribution is 2.49. The first kappa shape index (κ1) is 12.1. The van der Waals surface area contributed by atoms with Gasteiger partial charge in [0.1, 0.15) is 0 Å². The summed E-state index contributed by atoms with van der Waals surface area (Å²) in [5, 5.41) is 1.46. The van der Waals surface area contributed by atoms with E-state index >= 15 is 0 Å². The van der Waals surface area contributed by atoms with E-state index in [0.717, 1.165) is 18.0 Å². The standard InChI is InChI=1S/C10H11Cl2N.ClH/c11-7-1-2-8(10(12)4-7)9-3-6(9)5-13;/h1-2,4,6,9H,3,5,13H2;1H/t6-,9+;/m0./s1. The summed E-state index contributed by atoms with van der Waals surface area (Å²) >= 11 is 11.9. The van der Waals surface area contributed by atoms with Gasteiger partial charge >= 0.3 is 0 Å². The molecular formula is C10H12Cl3N. The Bertz CT molecular complexity index is 327. The van der Waals surface area contributed by atoms with Crippen LogP contribution >= 0.6 is 35.6 Å². The molecule has 1 nitrogen and oxygen atoms in total. The maximum Gasteiger partial charge on any atom is 0.0455 e. The quantitative estimate of drug-likeness (QED) is 0.857. The first-order valence-corrected chi connectivity index (χ1v) is 5.13. The predicted octanol–water partition coefficient (Wildman–Crippen LogP) is 3.48. The second-order valence-electron chi connectivity index (χ2n) is 3.50. The summed E-state index contributed by atoms with van der Waals surface area (Å²) in [6, 6.07) is 5.68. The molecule has 0 aromatic heterocycles. The zero-order valence-electron chi connectivity index (χ0n) is 7.54. The third kappa shape index (κ3) is 2.34. The van der Waals surface area contributed by atoms with Gasteiger partial charge in [0.25, 0.3) is 0 Å². The second-order valence-corrected chi connectivity index (χ2v) is 4.35. The molecule has 1 aliphatic carbocycles. The maximum absolute atomic E-state index is 6.06. The lowest BCUT2D eigenvalue weighted by atomic mass is 10.1. The molecule has 78 valence electrons. The largest absolute Gasteiger partial charge is 0.330 e. The summed E-state index contributed by atoms with van der Waals surface area (Å²) in [4.78, 5) is 0. The van der Waals surface area contributed by atoms with E-state index in [0.29, 0.717) is 16.9 Å². The van der Waals surface area contributed by atoms with E-state index in [9.17, 15) is 0 Å². The molecule has 1 aromatic rings. The fourth-order valence-corrected chi connectivity index (χ4v) is 2.24. The molecule has 0 radical (unpaired) electrons. The third-order valence-electron chi connectivity index (χ3n) is 2.59. The van der Waals surface area contributed by atoms with Gasteiger partial charge in [-0.1, -0.05) is 29.3 Å². The maximum atomic E-state index is 6.06. The van der Waals surface area contributed by atoms with Crippen LogP contribution in [0, 0.1) is 5.92 Å². The summed E-state index contributed by atoms with van der Waals surface area (Å²) < 4.78 is 0. The number of nitrogens with two attached hydrogens (primary N) is 1. The van der Waals surface area contributed by atoms with Gasteiger partial charge in [0.05, 0.1) is 0 Å². The van der Waals surface area contributed by atoms with Crippen molar-refractivity contribution >= 4 is 35.6 Å². The Hall–Kier alpha value is 0.0500. The van der Waals surface area contributed by atoms with Crippen LogP contribution in [0.15, 0.2) is 18.2 Å². The van der Waals surface area contributed by atoms with Crippen LogP contribution in [0.4, 0.5) is 0 Å². The summed E-state index contributed by atoms with van der Waals surface area (Å²) in [5.74, 6) is 1.19. The summed E-state index contributed by atoms with van der Waals surface area (Å²) in [7, 11) is 0. The van der Waals surface area contributed by atoms with Gasteiger partial charge in [-0.2, -0.15) is 0 Å². The molecular weight excluding hydrogens is 240 g/mol. The van der Waals surface area contributed by atoms with E-state index in [2.05, 4.69) is 0 Å². The zero-order chi connectivity index (χ0) is 9.42. The Morgan fingerprint density at radius 2 is 2.07 bits per heavy atom. The van der Waals surface area contributed by atoms with Crippen molar-refractivity contribution in [2.24, 2.45) is 11.7 Å². The Morgan fingerprint density at radius 3 is 2.57 bits per heavy atom. The van der Waals surface area contributed by atoms with Crippen LogP contribution in [0.2, 0.25) is 10.0 Å². The van der Waals surface area contributed by atoms with Crippen molar-refractivity contribution in [3.05, 3.63) is 33.8 Å². The lowest BCUT2D eigenvalue weighted by molar-refractivity contribution is 0.810. The van der Waals surface area contributed by atoms with Crippen LogP contribution in [-0.4, -0.2) is 6.54 Å². The fraction of sp³-hybridized carbons (Fsp3) is 0.400. The average molecular weight is 253 g/mol. The van der Waals surface area contributed by atoms with Crippen LogP contribution in [-0.2, 0) is 0 Å². The fourth-order valence-electron chi connectivity index (χ4n) is 1.69. The van der Waals surface area contributed by atoms with Crippen molar-refractivity contribution in [3.8, 4) is 0 Å². The molecule has 2 N–H and O–H groups in total. The molecule has 14 heavy (non-hydrogen) atoms. The first-order chi connectivity index (χ1) is 6.22. The van der Waals surface area contributed by atoms with Gasteiger partial charge < -0.3 is 5.73 Å². The molecule has 1 aliphatic rings. The normalized spacial score (nSPS) is 24.2. The predicted molar refractivity (Wildman–Crippen MR) is 63.6 cm³/mol. The van der Waals surface area contributed by atoms with Crippen molar-refractivity contribution in [2.45, 2.75) is 12.3 Å². The van der Waals surface area contributed by atoms with Crippen molar-refractivity contribution in [3.63, 3.8) is 0 Å². The first-order valence-electron chi connectivity index (χ1n) is 4.37. The van der Waals surface area contributed by atoms with Gasteiger partial charge in [-0.25, -0.2) is 0 Å². The number of rotatable bonds is 2. The Morgan fingerprint density at radius 1 is 1.36 bits per heavy atom. The summed E-state index contributed by atoms with van der Waals surface area (Å²) in [5.41, 5.74) is 6.77. The van der Waals surface area contributed by atoms with Gasteiger partial charge in [-0.15, -0.1) is 12.4 Å². The average Bonchev–Trinajstić information content (AvgIpc) is 2.83. The zero-order valence-corrected chi connectivity index (χ0v) is 9.87. The van der Waals surface area contributed by atoms with Gasteiger partial charge in [0.15, 0.2) is 0 Å². The van der Waals surface area contributed by atoms with Crippen LogP contribution in [0.1, 0.15) is 17.9 Å². The van der Waals surface area contributed by atoms with Gasteiger partial charge in [-0.3, -0.25) is 0 Å². The van der Waals surface area contributed by atoms with Crippen LogP contribution < -0.4 is 5.73 Å². The number of halogens is 3. The minimum absolute atomic E-state index is 0. The highest BCUT2D eigenvalue weighted by molar-refractivity contribution is 6.35. The molecule has 2 atom stereocenters. The lowest BCUT2D eigenvalue weighted by Gasteiger charge is -2.02. The van der Waals surface area contributed by atoms with Crippen LogP contribution in [0.3, 0.4) is 0 Å². The molecule has 1 aromatic carbocycles. The second kappa shape index (κ2) is 4.71. The van der Waals surface area contributed by atoms with Gasteiger partial charge in [0, 0.05) is 10.0 Å². The minimum atomic E-state index is 0. The SMILES string of the molecule is Cl.NC[C@@H]1C[C@H]1c1ccc(Cl)cc1Cl. The topological polar surface area (TPSA) is 26.0 Å². The molecule has 0 saturated heterocycles. The van der Waals surface area contributed by atoms with Crippen molar-refractivity contribution in [1.82, 2.24) is 0 Å². The Labute approximate surface area is 100.0 Å². The molecule has 0 unspecified atom stereocenters. The van der Waals surface area contributed by atoms with E-state index in [-0.39, 0.29) is 12.4 Å². The van der Waals surface area contributed by atoms with E-state index in [1.165, 1.54) is 5.56 Å². The molecule has 0 aliphatic heterocycles. The van der Waals surface area contributed by atoms with Crippen LogP contribution in [0.25, 0.3) is 0 Å². The third-order valence-corrected chi connectivity index (χ3v) is 3.15. The van der Waals surface area contributed by atoms with Gasteiger partial charge in [0.2, 0.25) is 0 Å². The molecule has 2 rings (SSSR count). The lowest BCUT2D eigenvalue weighted by Crippen LogP contribution is -2.02. The number of hydrogen-bond donors (Lipinski definition) is 1. The van der Waals surface area contributed by atoms with E-state index < -0.39 is 0 Å². The molecule has 0 spiro atoms. The Balaban J connectivity index is 0.000000980. The number of hydrogen-bond acceptors (Lipinski definition) is 1. The van der Waals surface area contributed by atoms with Gasteiger partial charge in [-0.05, 0) is 42.5 Å². The summed E-state index contributed by atoms with van der Waals surface area (Å²) in [6.07, 6.45) is 1.16. The van der Waals surface area contributed by atoms with Crippen molar-refractivity contribution < 1.29 is 0 Å². The smallest absolute Gasteiger partial charge is 0.0455 e. The molecule has 0 bridgehead atoms. The van der Waals surface area contributed by atoms with Crippen molar-refractivity contribution in [2.75, 3.05) is 6.54 Å². The van der Waals surface area contributed by atoms with E-state index in [4.69, 9.17) is 28.9 Å². The van der Waals surface area contributed by atoms with Crippen LogP contribution in [0.5, 0.6) is 0 Å². The van der Waals surface area contributed by atoms with E-state index in [1.807, 2.05) is 12.1 Å². The summed E-state index contributed by atoms with van der Waals surface area (Å²) in [6.45, 7) is 0.754. The molecule has 0 heterocycles. The molecule has 1 fully saturated rings. The number of benzene rings is 1. The van der Waals surface area contributed by atoms with E-state index in [1.54, 1.807) is 6.07 Å². The molecule has 0 amide bonds.